The Hall–Kier alpha value is -1.85. The highest BCUT2D eigenvalue weighted by molar-refractivity contribution is 5.28. The molecule has 5 nitrogen and oxygen atoms in total. The van der Waals surface area contributed by atoms with Crippen LogP contribution in [-0.2, 0) is 13.6 Å². The van der Waals surface area contributed by atoms with Gasteiger partial charge in [-0.15, -0.1) is 0 Å². The molecule has 0 radical (unpaired) electrons. The smallest absolute Gasteiger partial charge is 0.115 e. The van der Waals surface area contributed by atoms with Crippen molar-refractivity contribution in [3.05, 3.63) is 47.3 Å². The van der Waals surface area contributed by atoms with Crippen LogP contribution in [0.1, 0.15) is 29.8 Å². The Morgan fingerprint density at radius 3 is 2.71 bits per heavy atom. The molecule has 0 spiro atoms. The maximum absolute atomic E-state index is 10.3. The monoisotopic (exact) mass is 289 g/mol. The third-order valence-corrected chi connectivity index (χ3v) is 3.64. The number of benzene rings is 1. The van der Waals surface area contributed by atoms with Crippen molar-refractivity contribution in [1.82, 2.24) is 14.7 Å². The Morgan fingerprint density at radius 2 is 2.14 bits per heavy atom. The number of aliphatic hydroxyl groups is 1. The summed E-state index contributed by atoms with van der Waals surface area (Å²) in [6.45, 7) is 6.18. The lowest BCUT2D eigenvalue weighted by Gasteiger charge is -2.23. The Balaban J connectivity index is 2.03. The van der Waals surface area contributed by atoms with Gasteiger partial charge in [0.1, 0.15) is 5.75 Å². The van der Waals surface area contributed by atoms with Gasteiger partial charge in [-0.05, 0) is 31.2 Å². The van der Waals surface area contributed by atoms with Crippen molar-refractivity contribution in [3.8, 4) is 5.75 Å². The van der Waals surface area contributed by atoms with Gasteiger partial charge < -0.3 is 10.2 Å². The highest BCUT2D eigenvalue weighted by Crippen LogP contribution is 2.20. The number of aromatic hydroxyl groups is 1. The van der Waals surface area contributed by atoms with Gasteiger partial charge in [-0.1, -0.05) is 19.1 Å². The molecule has 0 aliphatic carbocycles. The standard InChI is InChI=1S/C16H23N3O2/c1-4-19(10-14-9-18(3)17-12(14)2)11-16(21)13-6-5-7-15(20)8-13/h5-9,16,20-21H,4,10-11H2,1-3H3. The van der Waals surface area contributed by atoms with E-state index in [1.165, 1.54) is 5.56 Å². The van der Waals surface area contributed by atoms with E-state index in [1.807, 2.05) is 30.9 Å². The van der Waals surface area contributed by atoms with Crippen molar-refractivity contribution in [2.75, 3.05) is 13.1 Å². The van der Waals surface area contributed by atoms with E-state index < -0.39 is 6.10 Å². The van der Waals surface area contributed by atoms with E-state index in [0.717, 1.165) is 24.3 Å². The zero-order chi connectivity index (χ0) is 15.4. The van der Waals surface area contributed by atoms with Gasteiger partial charge in [0.15, 0.2) is 0 Å². The van der Waals surface area contributed by atoms with Gasteiger partial charge >= 0.3 is 0 Å². The summed E-state index contributed by atoms with van der Waals surface area (Å²) in [6, 6.07) is 6.78. The van der Waals surface area contributed by atoms with Gasteiger partial charge in [0.25, 0.3) is 0 Å². The van der Waals surface area contributed by atoms with Crippen molar-refractivity contribution < 1.29 is 10.2 Å². The maximum Gasteiger partial charge on any atom is 0.115 e. The molecule has 0 saturated carbocycles. The number of aromatic nitrogens is 2. The van der Waals surface area contributed by atoms with Crippen LogP contribution in [0.25, 0.3) is 0 Å². The van der Waals surface area contributed by atoms with Gasteiger partial charge in [-0.2, -0.15) is 5.10 Å². The molecule has 1 unspecified atom stereocenters. The number of hydrogen-bond acceptors (Lipinski definition) is 4. The second-order valence-electron chi connectivity index (χ2n) is 5.35. The first kappa shape index (κ1) is 15.5. The molecule has 0 bridgehead atoms. The van der Waals surface area contributed by atoms with Gasteiger partial charge in [-0.25, -0.2) is 0 Å². The van der Waals surface area contributed by atoms with Crippen LogP contribution in [0.3, 0.4) is 0 Å². The molecule has 2 aromatic rings. The Labute approximate surface area is 125 Å². The zero-order valence-electron chi connectivity index (χ0n) is 12.8. The topological polar surface area (TPSA) is 61.5 Å². The molecule has 0 fully saturated rings. The van der Waals surface area contributed by atoms with Crippen molar-refractivity contribution in [2.45, 2.75) is 26.5 Å². The summed E-state index contributed by atoms with van der Waals surface area (Å²) >= 11 is 0. The van der Waals surface area contributed by atoms with Crippen LogP contribution in [0.5, 0.6) is 5.75 Å². The minimum Gasteiger partial charge on any atom is -0.508 e. The Bertz CT molecular complexity index is 595. The van der Waals surface area contributed by atoms with Crippen molar-refractivity contribution in [2.24, 2.45) is 7.05 Å². The van der Waals surface area contributed by atoms with Crippen LogP contribution in [0.15, 0.2) is 30.5 Å². The largest absolute Gasteiger partial charge is 0.508 e. The number of likely N-dealkylation sites (N-methyl/N-ethyl adjacent to an activating group) is 1. The first-order valence-corrected chi connectivity index (χ1v) is 7.18. The van der Waals surface area contributed by atoms with Crippen molar-refractivity contribution in [3.63, 3.8) is 0 Å². The molecule has 114 valence electrons. The van der Waals surface area contributed by atoms with Crippen LogP contribution in [0, 0.1) is 6.92 Å². The number of phenols is 1. The summed E-state index contributed by atoms with van der Waals surface area (Å²) in [7, 11) is 1.91. The fraction of sp³-hybridized carbons (Fsp3) is 0.438. The van der Waals surface area contributed by atoms with Crippen LogP contribution in [-0.4, -0.2) is 38.0 Å². The fourth-order valence-electron chi connectivity index (χ4n) is 2.43. The average molecular weight is 289 g/mol. The molecule has 21 heavy (non-hydrogen) atoms. The van der Waals surface area contributed by atoms with E-state index in [9.17, 15) is 10.2 Å². The van der Waals surface area contributed by atoms with Crippen molar-refractivity contribution >= 4 is 0 Å². The average Bonchev–Trinajstić information content (AvgIpc) is 2.76. The molecule has 2 rings (SSSR count). The molecule has 1 aromatic carbocycles. The molecule has 1 aromatic heterocycles. The third-order valence-electron chi connectivity index (χ3n) is 3.64. The predicted molar refractivity (Wildman–Crippen MR) is 82.0 cm³/mol. The van der Waals surface area contributed by atoms with E-state index in [4.69, 9.17) is 0 Å². The maximum atomic E-state index is 10.3. The van der Waals surface area contributed by atoms with E-state index in [1.54, 1.807) is 18.2 Å². The summed E-state index contributed by atoms with van der Waals surface area (Å²) in [5.41, 5.74) is 2.92. The van der Waals surface area contributed by atoms with Crippen LogP contribution >= 0.6 is 0 Å². The third kappa shape index (κ3) is 4.06. The summed E-state index contributed by atoms with van der Waals surface area (Å²) in [4.78, 5) is 2.17. The molecular weight excluding hydrogens is 266 g/mol. The summed E-state index contributed by atoms with van der Waals surface area (Å²) in [6.07, 6.45) is 1.40. The van der Waals surface area contributed by atoms with Crippen molar-refractivity contribution in [1.29, 1.82) is 0 Å². The Kier molecular flexibility index (Phi) is 4.98. The SMILES string of the molecule is CCN(Cc1cn(C)nc1C)CC(O)c1cccc(O)c1. The summed E-state index contributed by atoms with van der Waals surface area (Å²) < 4.78 is 1.81. The number of rotatable bonds is 6. The number of phenolic OH excluding ortho intramolecular Hbond substituents is 1. The minimum absolute atomic E-state index is 0.178. The molecular formula is C16H23N3O2. The molecule has 0 aliphatic heterocycles. The zero-order valence-corrected chi connectivity index (χ0v) is 12.8. The predicted octanol–water partition coefficient (Wildman–Crippen LogP) is 1.99. The van der Waals surface area contributed by atoms with E-state index in [0.29, 0.717) is 6.54 Å². The highest BCUT2D eigenvalue weighted by atomic mass is 16.3. The second kappa shape index (κ2) is 6.74. The first-order chi connectivity index (χ1) is 9.99. The first-order valence-electron chi connectivity index (χ1n) is 7.18. The number of aliphatic hydroxyl groups excluding tert-OH is 1. The highest BCUT2D eigenvalue weighted by Gasteiger charge is 2.15. The van der Waals surface area contributed by atoms with Gasteiger partial charge in [-0.3, -0.25) is 9.58 Å². The summed E-state index contributed by atoms with van der Waals surface area (Å²) in [5, 5.41) is 24.2. The lowest BCUT2D eigenvalue weighted by Crippen LogP contribution is -2.28. The molecule has 2 N–H and O–H groups in total. The van der Waals surface area contributed by atoms with Crippen LogP contribution in [0.4, 0.5) is 0 Å². The van der Waals surface area contributed by atoms with Gasteiger partial charge in [0, 0.05) is 31.9 Å². The minimum atomic E-state index is -0.617. The normalized spacial score (nSPS) is 12.8. The number of hydrogen-bond donors (Lipinski definition) is 2. The van der Waals surface area contributed by atoms with E-state index in [2.05, 4.69) is 16.9 Å². The van der Waals surface area contributed by atoms with E-state index >= 15 is 0 Å². The van der Waals surface area contributed by atoms with Gasteiger partial charge in [0.05, 0.1) is 11.8 Å². The molecule has 0 amide bonds. The fourth-order valence-corrected chi connectivity index (χ4v) is 2.43. The van der Waals surface area contributed by atoms with E-state index in [-0.39, 0.29) is 5.75 Å². The summed E-state index contributed by atoms with van der Waals surface area (Å²) in [5.74, 6) is 0.178. The van der Waals surface area contributed by atoms with Crippen LogP contribution < -0.4 is 0 Å². The molecule has 0 aliphatic rings. The lowest BCUT2D eigenvalue weighted by molar-refractivity contribution is 0.112. The van der Waals surface area contributed by atoms with Crippen LogP contribution in [0.2, 0.25) is 0 Å². The molecule has 1 heterocycles. The second-order valence-corrected chi connectivity index (χ2v) is 5.35. The quantitative estimate of drug-likeness (QED) is 0.854. The Morgan fingerprint density at radius 1 is 1.38 bits per heavy atom. The van der Waals surface area contributed by atoms with Gasteiger partial charge in [0.2, 0.25) is 0 Å². The number of nitrogens with zero attached hydrogens (tertiary/aromatic N) is 3. The molecule has 5 heteroatoms. The lowest BCUT2D eigenvalue weighted by atomic mass is 10.1. The molecule has 0 saturated heterocycles. The number of aryl methyl sites for hydroxylation is 2. The molecule has 1 atom stereocenters.